The molecule has 1 amide bonds. The summed E-state index contributed by atoms with van der Waals surface area (Å²) in [6.07, 6.45) is 2.23. The van der Waals surface area contributed by atoms with Gasteiger partial charge in [-0.05, 0) is 44.7 Å². The number of hydrogen-bond acceptors (Lipinski definition) is 3. The number of aromatic nitrogens is 1. The van der Waals surface area contributed by atoms with Gasteiger partial charge in [-0.25, -0.2) is 4.98 Å². The lowest BCUT2D eigenvalue weighted by molar-refractivity contribution is 0.00631. The maximum Gasteiger partial charge on any atom is 0.272 e. The van der Waals surface area contributed by atoms with Gasteiger partial charge in [-0.3, -0.25) is 9.69 Å². The van der Waals surface area contributed by atoms with E-state index >= 15 is 0 Å². The maximum atomic E-state index is 12.5. The zero-order valence-corrected chi connectivity index (χ0v) is 13.3. The molecule has 2 aliphatic rings. The maximum absolute atomic E-state index is 12.5. The smallest absolute Gasteiger partial charge is 0.272 e. The van der Waals surface area contributed by atoms with Crippen molar-refractivity contribution in [2.45, 2.75) is 39.2 Å². The molecule has 0 N–H and O–H groups in total. The second-order valence-electron chi connectivity index (χ2n) is 6.98. The zero-order valence-electron chi connectivity index (χ0n) is 13.3. The molecule has 0 bridgehead atoms. The van der Waals surface area contributed by atoms with Gasteiger partial charge in [0.05, 0.1) is 11.2 Å². The Hall–Kier alpha value is -1.42. The lowest BCUT2D eigenvalue weighted by atomic mass is 9.89. The summed E-state index contributed by atoms with van der Waals surface area (Å²) < 4.78 is 0. The van der Waals surface area contributed by atoms with Gasteiger partial charge < -0.3 is 4.90 Å². The predicted molar refractivity (Wildman–Crippen MR) is 83.1 cm³/mol. The van der Waals surface area contributed by atoms with Crippen molar-refractivity contribution in [1.82, 2.24) is 14.8 Å². The normalized spacial score (nSPS) is 20.6. The zero-order chi connectivity index (χ0) is 15.0. The Morgan fingerprint density at radius 2 is 1.90 bits per heavy atom. The van der Waals surface area contributed by atoms with Crippen LogP contribution in [0, 0.1) is 5.92 Å². The third-order valence-electron chi connectivity index (χ3n) is 4.84. The Bertz CT molecular complexity index is 529. The summed E-state index contributed by atoms with van der Waals surface area (Å²) in [5.41, 5.74) is 1.49. The summed E-state index contributed by atoms with van der Waals surface area (Å²) in [7, 11) is 0. The molecule has 0 unspecified atom stereocenters. The van der Waals surface area contributed by atoms with Gasteiger partial charge in [0.1, 0.15) is 5.69 Å². The first kappa shape index (κ1) is 14.5. The molecule has 2 saturated heterocycles. The van der Waals surface area contributed by atoms with Gasteiger partial charge in [-0.1, -0.05) is 13.0 Å². The summed E-state index contributed by atoms with van der Waals surface area (Å²) in [5.74, 6) is 0.848. The third kappa shape index (κ3) is 2.69. The van der Waals surface area contributed by atoms with E-state index < -0.39 is 0 Å². The van der Waals surface area contributed by atoms with Crippen LogP contribution in [-0.4, -0.2) is 46.9 Å². The van der Waals surface area contributed by atoms with Crippen molar-refractivity contribution in [3.05, 3.63) is 29.6 Å². The number of hydrogen-bond donors (Lipinski definition) is 0. The lowest BCUT2D eigenvalue weighted by Gasteiger charge is -2.48. The van der Waals surface area contributed by atoms with Crippen LogP contribution in [0.4, 0.5) is 0 Å². The highest BCUT2D eigenvalue weighted by molar-refractivity contribution is 5.92. The highest BCUT2D eigenvalue weighted by atomic mass is 16.2. The first-order valence-electron chi connectivity index (χ1n) is 8.00. The summed E-state index contributed by atoms with van der Waals surface area (Å²) in [6.45, 7) is 10.6. The molecular formula is C17H25N3O. The number of carbonyl (C=O) groups is 1. The van der Waals surface area contributed by atoms with Crippen molar-refractivity contribution < 1.29 is 4.79 Å². The molecule has 0 atom stereocenters. The Morgan fingerprint density at radius 3 is 2.52 bits per heavy atom. The van der Waals surface area contributed by atoms with E-state index in [1.165, 1.54) is 0 Å². The van der Waals surface area contributed by atoms with Crippen molar-refractivity contribution in [3.63, 3.8) is 0 Å². The Labute approximate surface area is 127 Å². The van der Waals surface area contributed by atoms with E-state index in [0.717, 1.165) is 50.6 Å². The fraction of sp³-hybridized carbons (Fsp3) is 0.647. The van der Waals surface area contributed by atoms with Crippen LogP contribution in [0.15, 0.2) is 18.2 Å². The van der Waals surface area contributed by atoms with Crippen molar-refractivity contribution in [2.24, 2.45) is 5.92 Å². The van der Waals surface area contributed by atoms with Crippen molar-refractivity contribution in [1.29, 1.82) is 0 Å². The van der Waals surface area contributed by atoms with Gasteiger partial charge in [0.25, 0.3) is 5.91 Å². The van der Waals surface area contributed by atoms with Gasteiger partial charge in [-0.15, -0.1) is 0 Å². The molecule has 0 spiro atoms. The van der Waals surface area contributed by atoms with Crippen molar-refractivity contribution in [3.8, 4) is 0 Å². The number of amides is 1. The summed E-state index contributed by atoms with van der Waals surface area (Å²) in [4.78, 5) is 21.5. The van der Waals surface area contributed by atoms with Crippen molar-refractivity contribution in [2.75, 3.05) is 26.2 Å². The SMILES string of the molecule is CC1CN(C(C)(C)c2cccc(C(=O)N3CCCC3)n2)C1. The van der Waals surface area contributed by atoms with E-state index in [9.17, 15) is 4.79 Å². The van der Waals surface area contributed by atoms with Crippen LogP contribution in [0.2, 0.25) is 0 Å². The quantitative estimate of drug-likeness (QED) is 0.857. The first-order valence-corrected chi connectivity index (χ1v) is 8.00. The van der Waals surface area contributed by atoms with E-state index in [1.54, 1.807) is 0 Å². The highest BCUT2D eigenvalue weighted by Gasteiger charge is 2.37. The van der Waals surface area contributed by atoms with Crippen LogP contribution in [0.1, 0.15) is 49.8 Å². The number of rotatable bonds is 3. The highest BCUT2D eigenvalue weighted by Crippen LogP contribution is 2.33. The molecule has 114 valence electrons. The molecule has 1 aromatic rings. The molecule has 0 aromatic carbocycles. The van der Waals surface area contributed by atoms with Crippen LogP contribution in [0.25, 0.3) is 0 Å². The lowest BCUT2D eigenvalue weighted by Crippen LogP contribution is -2.55. The summed E-state index contributed by atoms with van der Waals surface area (Å²) in [5, 5.41) is 0. The van der Waals surface area contributed by atoms with Crippen LogP contribution >= 0.6 is 0 Å². The number of likely N-dealkylation sites (tertiary alicyclic amines) is 2. The molecule has 0 radical (unpaired) electrons. The van der Waals surface area contributed by atoms with E-state index in [1.807, 2.05) is 23.1 Å². The molecule has 2 fully saturated rings. The summed E-state index contributed by atoms with van der Waals surface area (Å²) in [6, 6.07) is 5.86. The van der Waals surface area contributed by atoms with Gasteiger partial charge in [0.2, 0.25) is 0 Å². The van der Waals surface area contributed by atoms with Gasteiger partial charge >= 0.3 is 0 Å². The van der Waals surface area contributed by atoms with Crippen LogP contribution in [0.3, 0.4) is 0 Å². The Kier molecular flexibility index (Phi) is 3.74. The van der Waals surface area contributed by atoms with E-state index in [0.29, 0.717) is 5.69 Å². The standard InChI is InChI=1S/C17H25N3O/c1-13-11-20(12-13)17(2,3)15-8-6-7-14(18-15)16(21)19-9-4-5-10-19/h6-8,13H,4-5,9-12H2,1-3H3. The average Bonchev–Trinajstić information content (AvgIpc) is 2.97. The van der Waals surface area contributed by atoms with Crippen molar-refractivity contribution >= 4 is 5.91 Å². The molecular weight excluding hydrogens is 262 g/mol. The number of nitrogens with zero attached hydrogens (tertiary/aromatic N) is 3. The minimum Gasteiger partial charge on any atom is -0.337 e. The second kappa shape index (κ2) is 5.41. The molecule has 4 nitrogen and oxygen atoms in total. The molecule has 1 aromatic heterocycles. The summed E-state index contributed by atoms with van der Waals surface area (Å²) >= 11 is 0. The first-order chi connectivity index (χ1) is 9.98. The molecule has 3 heterocycles. The van der Waals surface area contributed by atoms with E-state index in [2.05, 4.69) is 30.7 Å². The number of pyridine rings is 1. The van der Waals surface area contributed by atoms with Crippen LogP contribution < -0.4 is 0 Å². The average molecular weight is 287 g/mol. The molecule has 3 rings (SSSR count). The minimum absolute atomic E-state index is 0.0853. The van der Waals surface area contributed by atoms with Gasteiger partial charge in [-0.2, -0.15) is 0 Å². The third-order valence-corrected chi connectivity index (χ3v) is 4.84. The topological polar surface area (TPSA) is 36.4 Å². The second-order valence-corrected chi connectivity index (χ2v) is 6.98. The Balaban J connectivity index is 1.80. The molecule has 0 saturated carbocycles. The predicted octanol–water partition coefficient (Wildman–Crippen LogP) is 2.50. The van der Waals surface area contributed by atoms with E-state index in [4.69, 9.17) is 0 Å². The molecule has 4 heteroatoms. The molecule has 2 aliphatic heterocycles. The molecule has 21 heavy (non-hydrogen) atoms. The number of carbonyl (C=O) groups excluding carboxylic acids is 1. The van der Waals surface area contributed by atoms with Crippen LogP contribution in [0.5, 0.6) is 0 Å². The monoisotopic (exact) mass is 287 g/mol. The van der Waals surface area contributed by atoms with Crippen LogP contribution in [-0.2, 0) is 5.54 Å². The van der Waals surface area contributed by atoms with Gasteiger partial charge in [0, 0.05) is 26.2 Å². The van der Waals surface area contributed by atoms with Gasteiger partial charge in [0.15, 0.2) is 0 Å². The van der Waals surface area contributed by atoms with E-state index in [-0.39, 0.29) is 11.4 Å². The fourth-order valence-electron chi connectivity index (χ4n) is 3.29. The Morgan fingerprint density at radius 1 is 1.24 bits per heavy atom. The molecule has 0 aliphatic carbocycles. The minimum atomic E-state index is -0.103. The fourth-order valence-corrected chi connectivity index (χ4v) is 3.29. The largest absolute Gasteiger partial charge is 0.337 e.